The molecule has 0 saturated carbocycles. The number of para-hydroxylation sites is 1. The number of alkyl halides is 2. The average molecular weight is 549 g/mol. The van der Waals surface area contributed by atoms with Crippen LogP contribution in [0.3, 0.4) is 0 Å². The van der Waals surface area contributed by atoms with Gasteiger partial charge in [-0.25, -0.2) is 14.2 Å². The average Bonchev–Trinajstić information content (AvgIpc) is 2.93. The summed E-state index contributed by atoms with van der Waals surface area (Å²) < 4.78 is 43.8. The molecule has 0 bridgehead atoms. The SMILES string of the molecule is O=C(COC(=O)c1c2c(nc3ccccc13)/C(=C/c1ccc(F)cc1)CCC2)Nc1ccc(SC(F)F)cc1. The van der Waals surface area contributed by atoms with Crippen LogP contribution in [0.2, 0.25) is 0 Å². The van der Waals surface area contributed by atoms with Gasteiger partial charge in [0.2, 0.25) is 0 Å². The van der Waals surface area contributed by atoms with Gasteiger partial charge >= 0.3 is 5.97 Å². The second kappa shape index (κ2) is 11.7. The molecule has 3 aromatic carbocycles. The lowest BCUT2D eigenvalue weighted by molar-refractivity contribution is -0.119. The third-order valence-corrected chi connectivity index (χ3v) is 7.01. The lowest BCUT2D eigenvalue weighted by atomic mass is 9.86. The van der Waals surface area contributed by atoms with Crippen molar-refractivity contribution in [2.24, 2.45) is 0 Å². The maximum Gasteiger partial charge on any atom is 0.339 e. The molecule has 5 nitrogen and oxygen atoms in total. The van der Waals surface area contributed by atoms with Gasteiger partial charge in [-0.3, -0.25) is 4.79 Å². The summed E-state index contributed by atoms with van der Waals surface area (Å²) in [6, 6.07) is 19.4. The van der Waals surface area contributed by atoms with E-state index >= 15 is 0 Å². The van der Waals surface area contributed by atoms with Crippen molar-refractivity contribution < 1.29 is 27.5 Å². The number of amides is 1. The van der Waals surface area contributed by atoms with E-state index in [1.54, 1.807) is 18.2 Å². The Bertz CT molecular complexity index is 1550. The van der Waals surface area contributed by atoms with Crippen LogP contribution >= 0.6 is 11.8 Å². The molecule has 198 valence electrons. The van der Waals surface area contributed by atoms with Crippen molar-refractivity contribution in [3.63, 3.8) is 0 Å². The number of carbonyl (C=O) groups is 2. The number of halogens is 3. The number of rotatable bonds is 7. The Hall–Kier alpha value is -4.11. The maximum absolute atomic E-state index is 13.4. The van der Waals surface area contributed by atoms with E-state index in [1.807, 2.05) is 24.3 Å². The first-order valence-electron chi connectivity index (χ1n) is 12.3. The van der Waals surface area contributed by atoms with Crippen LogP contribution in [-0.4, -0.2) is 29.2 Å². The Balaban J connectivity index is 1.38. The second-order valence-corrected chi connectivity index (χ2v) is 10.00. The van der Waals surface area contributed by atoms with Gasteiger partial charge in [-0.2, -0.15) is 8.78 Å². The van der Waals surface area contributed by atoms with Crippen molar-refractivity contribution >= 4 is 51.9 Å². The topological polar surface area (TPSA) is 68.3 Å². The number of hydrogen-bond acceptors (Lipinski definition) is 5. The quantitative estimate of drug-likeness (QED) is 0.193. The summed E-state index contributed by atoms with van der Waals surface area (Å²) in [6.07, 6.45) is 4.11. The molecule has 0 spiro atoms. The predicted octanol–water partition coefficient (Wildman–Crippen LogP) is 7.36. The number of carbonyl (C=O) groups excluding carboxylic acids is 2. The third-order valence-electron chi connectivity index (χ3n) is 6.28. The van der Waals surface area contributed by atoms with Gasteiger partial charge in [-0.1, -0.05) is 42.1 Å². The van der Waals surface area contributed by atoms with Gasteiger partial charge in [0.25, 0.3) is 11.7 Å². The minimum absolute atomic E-state index is 0.317. The zero-order chi connectivity index (χ0) is 27.4. The highest BCUT2D eigenvalue weighted by Gasteiger charge is 2.26. The van der Waals surface area contributed by atoms with Crippen LogP contribution < -0.4 is 5.32 Å². The fraction of sp³-hybridized carbons (Fsp3) is 0.167. The highest BCUT2D eigenvalue weighted by atomic mass is 32.2. The molecule has 5 rings (SSSR count). The summed E-state index contributed by atoms with van der Waals surface area (Å²) in [5.41, 5.74) is 4.62. The van der Waals surface area contributed by atoms with Gasteiger partial charge < -0.3 is 10.1 Å². The smallest absolute Gasteiger partial charge is 0.339 e. The van der Waals surface area contributed by atoms with Crippen LogP contribution in [0.1, 0.15) is 40.0 Å². The van der Waals surface area contributed by atoms with Crippen molar-refractivity contribution in [2.45, 2.75) is 29.9 Å². The predicted molar refractivity (Wildman–Crippen MR) is 146 cm³/mol. The first-order chi connectivity index (χ1) is 18.9. The lowest BCUT2D eigenvalue weighted by Gasteiger charge is -2.22. The molecule has 0 fully saturated rings. The summed E-state index contributed by atoms with van der Waals surface area (Å²) in [5.74, 6) is -4.04. The summed E-state index contributed by atoms with van der Waals surface area (Å²) in [7, 11) is 0. The Labute approximate surface area is 227 Å². The minimum atomic E-state index is -2.53. The van der Waals surface area contributed by atoms with Gasteiger partial charge in [-0.05, 0) is 84.5 Å². The van der Waals surface area contributed by atoms with Crippen molar-refractivity contribution in [2.75, 3.05) is 11.9 Å². The number of pyridine rings is 1. The normalized spacial score (nSPS) is 13.9. The molecule has 0 radical (unpaired) electrons. The van der Waals surface area contributed by atoms with E-state index in [0.29, 0.717) is 50.9 Å². The number of fused-ring (bicyclic) bond motifs is 2. The molecule has 0 saturated heterocycles. The van der Waals surface area contributed by atoms with E-state index in [2.05, 4.69) is 5.32 Å². The standard InChI is InChI=1S/C30H23F3N2O3S/c31-20-10-8-18(9-11-20)16-19-4-3-6-24-27(23-5-1-2-7-25(23)35-28(19)24)29(37)38-17-26(36)34-21-12-14-22(15-13-21)39-30(32)33/h1-2,5,7-16,30H,3-4,6,17H2,(H,34,36)/b19-16+. The first kappa shape index (κ1) is 26.5. The van der Waals surface area contributed by atoms with E-state index in [9.17, 15) is 22.8 Å². The zero-order valence-electron chi connectivity index (χ0n) is 20.6. The van der Waals surface area contributed by atoms with E-state index in [-0.39, 0.29) is 5.82 Å². The van der Waals surface area contributed by atoms with Gasteiger partial charge in [-0.15, -0.1) is 0 Å². The lowest BCUT2D eigenvalue weighted by Crippen LogP contribution is -2.22. The van der Waals surface area contributed by atoms with Crippen LogP contribution in [0.25, 0.3) is 22.6 Å². The second-order valence-electron chi connectivity index (χ2n) is 8.93. The minimum Gasteiger partial charge on any atom is -0.452 e. The summed E-state index contributed by atoms with van der Waals surface area (Å²) in [4.78, 5) is 31.1. The Morgan fingerprint density at radius 1 is 1.00 bits per heavy atom. The van der Waals surface area contributed by atoms with Crippen molar-refractivity contribution in [3.05, 3.63) is 101 Å². The molecule has 0 unspecified atom stereocenters. The van der Waals surface area contributed by atoms with Gasteiger partial charge in [0.05, 0.1) is 16.8 Å². The molecule has 4 aromatic rings. The van der Waals surface area contributed by atoms with Crippen LogP contribution in [-0.2, 0) is 16.0 Å². The summed E-state index contributed by atoms with van der Waals surface area (Å²) in [6.45, 7) is -0.518. The number of benzene rings is 3. The molecule has 9 heteroatoms. The Morgan fingerprint density at radius 2 is 1.74 bits per heavy atom. The monoisotopic (exact) mass is 548 g/mol. The van der Waals surface area contributed by atoms with Gasteiger partial charge in [0.1, 0.15) is 5.82 Å². The summed E-state index contributed by atoms with van der Waals surface area (Å²) in [5, 5.41) is 3.24. The van der Waals surface area contributed by atoms with Gasteiger partial charge in [0.15, 0.2) is 6.61 Å². The van der Waals surface area contributed by atoms with Crippen molar-refractivity contribution in [1.82, 2.24) is 4.98 Å². The van der Waals surface area contributed by atoms with Crippen LogP contribution in [0.4, 0.5) is 18.9 Å². The Morgan fingerprint density at radius 3 is 2.49 bits per heavy atom. The third kappa shape index (κ3) is 6.31. The fourth-order valence-corrected chi connectivity index (χ4v) is 5.09. The number of ether oxygens (including phenoxy) is 1. The van der Waals surface area contributed by atoms with E-state index in [1.165, 1.54) is 36.4 Å². The fourth-order valence-electron chi connectivity index (χ4n) is 4.59. The van der Waals surface area contributed by atoms with E-state index in [4.69, 9.17) is 9.72 Å². The molecular formula is C30H23F3N2O3S. The number of hydrogen-bond donors (Lipinski definition) is 1. The van der Waals surface area contributed by atoms with Crippen molar-refractivity contribution in [3.8, 4) is 0 Å². The van der Waals surface area contributed by atoms with E-state index < -0.39 is 24.2 Å². The van der Waals surface area contributed by atoms with Crippen molar-refractivity contribution in [1.29, 1.82) is 0 Å². The molecule has 1 N–H and O–H groups in total. The number of thioether (sulfide) groups is 1. The van der Waals surface area contributed by atoms with E-state index in [0.717, 1.165) is 29.5 Å². The summed E-state index contributed by atoms with van der Waals surface area (Å²) >= 11 is 0.411. The molecule has 39 heavy (non-hydrogen) atoms. The number of nitrogens with one attached hydrogen (secondary N) is 1. The molecular weight excluding hydrogens is 525 g/mol. The molecule has 1 aliphatic rings. The number of allylic oxidation sites excluding steroid dienone is 1. The van der Waals surface area contributed by atoms with Crippen LogP contribution in [0.5, 0.6) is 0 Å². The first-order valence-corrected chi connectivity index (χ1v) is 13.2. The maximum atomic E-state index is 13.4. The van der Waals surface area contributed by atoms with Crippen LogP contribution in [0, 0.1) is 5.82 Å². The highest BCUT2D eigenvalue weighted by molar-refractivity contribution is 7.99. The number of anilines is 1. The van der Waals surface area contributed by atoms with Crippen LogP contribution in [0.15, 0.2) is 77.7 Å². The molecule has 1 heterocycles. The van der Waals surface area contributed by atoms with Gasteiger partial charge in [0, 0.05) is 16.0 Å². The molecule has 1 amide bonds. The largest absolute Gasteiger partial charge is 0.452 e. The molecule has 1 aliphatic carbocycles. The number of aromatic nitrogens is 1. The molecule has 0 atom stereocenters. The molecule has 0 aliphatic heterocycles. The highest BCUT2D eigenvalue weighted by Crippen LogP contribution is 2.36. The molecule has 1 aromatic heterocycles. The zero-order valence-corrected chi connectivity index (χ0v) is 21.4. The number of nitrogens with zero attached hydrogens (tertiary/aromatic N) is 1. The Kier molecular flexibility index (Phi) is 7.97. The number of esters is 1.